The van der Waals surface area contributed by atoms with Crippen LogP contribution in [0.15, 0.2) is 23.1 Å². The van der Waals surface area contributed by atoms with Gasteiger partial charge >= 0.3 is 0 Å². The van der Waals surface area contributed by atoms with E-state index in [9.17, 15) is 8.42 Å². The molecule has 1 aromatic rings. The van der Waals surface area contributed by atoms with Crippen LogP contribution in [0.4, 0.5) is 5.69 Å². The van der Waals surface area contributed by atoms with Crippen molar-refractivity contribution in [3.8, 4) is 0 Å². The highest BCUT2D eigenvalue weighted by molar-refractivity contribution is 7.89. The number of hydrogen-bond donors (Lipinski definition) is 2. The van der Waals surface area contributed by atoms with Gasteiger partial charge in [0, 0.05) is 12.8 Å². The number of benzene rings is 1. The lowest BCUT2D eigenvalue weighted by Crippen LogP contribution is -2.27. The van der Waals surface area contributed by atoms with Crippen LogP contribution in [-0.2, 0) is 14.8 Å². The van der Waals surface area contributed by atoms with E-state index in [-0.39, 0.29) is 10.9 Å². The number of rotatable bonds is 7. The first-order valence-corrected chi connectivity index (χ1v) is 8.26. The average Bonchev–Trinajstić information content (AvgIpc) is 3.24. The molecule has 1 fully saturated rings. The highest BCUT2D eigenvalue weighted by atomic mass is 32.2. The number of hydrogen-bond acceptors (Lipinski definition) is 4. The minimum atomic E-state index is -3.41. The van der Waals surface area contributed by atoms with Crippen molar-refractivity contribution in [2.45, 2.75) is 30.7 Å². The van der Waals surface area contributed by atoms with Gasteiger partial charge in [-0.25, -0.2) is 13.1 Å². The van der Waals surface area contributed by atoms with Crippen LogP contribution in [0.1, 0.15) is 18.4 Å². The van der Waals surface area contributed by atoms with Crippen molar-refractivity contribution in [3.63, 3.8) is 0 Å². The molecule has 0 radical (unpaired) electrons. The Morgan fingerprint density at radius 2 is 2.10 bits per heavy atom. The summed E-state index contributed by atoms with van der Waals surface area (Å²) in [6.07, 6.45) is 2.41. The molecule has 5 nitrogen and oxygen atoms in total. The van der Waals surface area contributed by atoms with Gasteiger partial charge in [0.15, 0.2) is 0 Å². The number of ether oxygens (including phenoxy) is 1. The van der Waals surface area contributed by atoms with Crippen molar-refractivity contribution >= 4 is 15.7 Å². The molecule has 0 spiro atoms. The molecule has 20 heavy (non-hydrogen) atoms. The summed E-state index contributed by atoms with van der Waals surface area (Å²) in [7, 11) is -0.308. The van der Waals surface area contributed by atoms with Crippen LogP contribution in [0, 0.1) is 12.8 Å². The third-order valence-electron chi connectivity index (χ3n) is 3.67. The van der Waals surface area contributed by atoms with Crippen LogP contribution in [-0.4, -0.2) is 35.2 Å². The Hall–Kier alpha value is -1.11. The molecule has 6 heteroatoms. The molecule has 0 aromatic heterocycles. The summed E-state index contributed by atoms with van der Waals surface area (Å²) in [5.41, 5.74) is 1.89. The van der Waals surface area contributed by atoms with Gasteiger partial charge in [0.25, 0.3) is 0 Å². The third-order valence-corrected chi connectivity index (χ3v) is 5.08. The van der Waals surface area contributed by atoms with Crippen molar-refractivity contribution in [3.05, 3.63) is 23.8 Å². The molecule has 0 heterocycles. The maximum Gasteiger partial charge on any atom is 0.240 e. The van der Waals surface area contributed by atoms with E-state index in [2.05, 4.69) is 10.0 Å². The van der Waals surface area contributed by atoms with Crippen LogP contribution in [0.25, 0.3) is 0 Å². The Balaban J connectivity index is 2.24. The fraction of sp³-hybridized carbons (Fsp3) is 0.571. The first-order valence-electron chi connectivity index (χ1n) is 6.77. The maximum atomic E-state index is 11.9. The highest BCUT2D eigenvalue weighted by Gasteiger charge is 2.31. The summed E-state index contributed by atoms with van der Waals surface area (Å²) in [5, 5.41) is 3.43. The normalized spacial score (nSPS) is 16.9. The number of sulfonamides is 1. The van der Waals surface area contributed by atoms with Gasteiger partial charge in [-0.1, -0.05) is 6.07 Å². The Kier molecular flexibility index (Phi) is 4.67. The molecule has 112 valence electrons. The van der Waals surface area contributed by atoms with E-state index >= 15 is 0 Å². The van der Waals surface area contributed by atoms with Crippen LogP contribution in [0.5, 0.6) is 0 Å². The molecule has 1 atom stereocenters. The minimum absolute atomic E-state index is 0.242. The predicted molar refractivity (Wildman–Crippen MR) is 79.4 cm³/mol. The molecule has 0 amide bonds. The van der Waals surface area contributed by atoms with Gasteiger partial charge in [-0.15, -0.1) is 0 Å². The van der Waals surface area contributed by atoms with Gasteiger partial charge in [0.1, 0.15) is 0 Å². The fourth-order valence-corrected chi connectivity index (χ4v) is 2.97. The van der Waals surface area contributed by atoms with Gasteiger partial charge < -0.3 is 10.1 Å². The summed E-state index contributed by atoms with van der Waals surface area (Å²) < 4.78 is 31.3. The maximum absolute atomic E-state index is 11.9. The molecule has 0 aliphatic heterocycles. The van der Waals surface area contributed by atoms with Crippen molar-refractivity contribution < 1.29 is 13.2 Å². The molecule has 1 aliphatic carbocycles. The van der Waals surface area contributed by atoms with E-state index in [1.807, 2.05) is 13.0 Å². The van der Waals surface area contributed by atoms with Crippen LogP contribution in [0.3, 0.4) is 0 Å². The predicted octanol–water partition coefficient (Wildman–Crippen LogP) is 1.74. The summed E-state index contributed by atoms with van der Waals surface area (Å²) in [5.74, 6) is 0.624. The highest BCUT2D eigenvalue weighted by Crippen LogP contribution is 2.35. The van der Waals surface area contributed by atoms with Crippen molar-refractivity contribution in [2.24, 2.45) is 5.92 Å². The zero-order valence-electron chi connectivity index (χ0n) is 12.1. The standard InChI is InChI=1S/C14H22N2O3S/c1-10-4-7-12(20(17,18)15-2)8-13(10)16-14(9-19-3)11-5-6-11/h4,7-8,11,14-16H,5-6,9H2,1-3H3. The number of anilines is 1. The van der Waals surface area contributed by atoms with Gasteiger partial charge in [-0.05, 0) is 50.4 Å². The second-order valence-corrected chi connectivity index (χ2v) is 7.11. The molecule has 2 N–H and O–H groups in total. The second-order valence-electron chi connectivity index (χ2n) is 5.23. The molecule has 1 saturated carbocycles. The fourth-order valence-electron chi connectivity index (χ4n) is 2.22. The molecular weight excluding hydrogens is 276 g/mol. The van der Waals surface area contributed by atoms with E-state index < -0.39 is 10.0 Å². The second kappa shape index (κ2) is 6.11. The van der Waals surface area contributed by atoms with Gasteiger partial charge in [0.2, 0.25) is 10.0 Å². The average molecular weight is 298 g/mol. The molecule has 2 rings (SSSR count). The van der Waals surface area contributed by atoms with Crippen LogP contribution < -0.4 is 10.0 Å². The molecule has 1 aliphatic rings. The lowest BCUT2D eigenvalue weighted by atomic mass is 10.1. The SMILES string of the molecule is CNS(=O)(=O)c1ccc(C)c(NC(COC)C2CC2)c1. The van der Waals surface area contributed by atoms with Gasteiger partial charge in [-0.2, -0.15) is 0 Å². The van der Waals surface area contributed by atoms with Crippen molar-refractivity contribution in [2.75, 3.05) is 26.1 Å². The van der Waals surface area contributed by atoms with E-state index in [4.69, 9.17) is 4.74 Å². The zero-order chi connectivity index (χ0) is 14.8. The molecule has 1 unspecified atom stereocenters. The number of aryl methyl sites for hydroxylation is 1. The third kappa shape index (κ3) is 3.50. The quantitative estimate of drug-likeness (QED) is 0.804. The van der Waals surface area contributed by atoms with E-state index in [1.54, 1.807) is 19.2 Å². The monoisotopic (exact) mass is 298 g/mol. The van der Waals surface area contributed by atoms with Crippen molar-refractivity contribution in [1.29, 1.82) is 0 Å². The smallest absolute Gasteiger partial charge is 0.240 e. The molecule has 0 saturated heterocycles. The molecular formula is C14H22N2O3S. The van der Waals surface area contributed by atoms with Crippen LogP contribution in [0.2, 0.25) is 0 Å². The van der Waals surface area contributed by atoms with E-state index in [0.717, 1.165) is 11.3 Å². The summed E-state index contributed by atoms with van der Waals surface area (Å²) >= 11 is 0. The molecule has 0 bridgehead atoms. The Labute approximate surface area is 120 Å². The van der Waals surface area contributed by atoms with Crippen molar-refractivity contribution in [1.82, 2.24) is 4.72 Å². The van der Waals surface area contributed by atoms with E-state index in [0.29, 0.717) is 12.5 Å². The topological polar surface area (TPSA) is 67.4 Å². The van der Waals surface area contributed by atoms with Gasteiger partial charge in [0.05, 0.1) is 17.5 Å². The Morgan fingerprint density at radius 3 is 2.65 bits per heavy atom. The number of methoxy groups -OCH3 is 1. The zero-order valence-corrected chi connectivity index (χ0v) is 13.0. The largest absolute Gasteiger partial charge is 0.383 e. The Morgan fingerprint density at radius 1 is 1.40 bits per heavy atom. The van der Waals surface area contributed by atoms with E-state index in [1.165, 1.54) is 19.9 Å². The molecule has 1 aromatic carbocycles. The lowest BCUT2D eigenvalue weighted by molar-refractivity contribution is 0.179. The summed E-state index contributed by atoms with van der Waals surface area (Å²) in [6, 6.07) is 5.37. The summed E-state index contributed by atoms with van der Waals surface area (Å²) in [6.45, 7) is 2.60. The first-order chi connectivity index (χ1) is 9.47. The lowest BCUT2D eigenvalue weighted by Gasteiger charge is -2.20. The Bertz CT molecular complexity index is 568. The van der Waals surface area contributed by atoms with Crippen LogP contribution >= 0.6 is 0 Å². The first kappa shape index (κ1) is 15.3. The minimum Gasteiger partial charge on any atom is -0.383 e. The number of nitrogens with one attached hydrogen (secondary N) is 2. The van der Waals surface area contributed by atoms with Gasteiger partial charge in [-0.3, -0.25) is 0 Å². The summed E-state index contributed by atoms with van der Waals surface area (Å²) in [4.78, 5) is 0.278.